The third-order valence-electron chi connectivity index (χ3n) is 3.06. The lowest BCUT2D eigenvalue weighted by molar-refractivity contribution is -0.170. The molecule has 9 heteroatoms. The Hall–Kier alpha value is -2.06. The van der Waals surface area contributed by atoms with Crippen LogP contribution in [0.25, 0.3) is 0 Å². The van der Waals surface area contributed by atoms with Gasteiger partial charge in [0, 0.05) is 12.2 Å². The summed E-state index contributed by atoms with van der Waals surface area (Å²) in [6.07, 6.45) is -4.98. The number of nitrogens with one attached hydrogen (secondary N) is 1. The number of hydrogen-bond donors (Lipinski definition) is 1. The smallest absolute Gasteiger partial charge is 0.320 e. The molecule has 1 heterocycles. The van der Waals surface area contributed by atoms with Crippen LogP contribution in [-0.4, -0.2) is 24.5 Å². The number of hydrogen-bond acceptors (Lipinski definition) is 3. The fraction of sp³-hybridized carbons (Fsp3) is 0.200. The largest absolute Gasteiger partial charge is 0.471 e. The highest BCUT2D eigenvalue weighted by Crippen LogP contribution is 2.30. The maximum atomic E-state index is 12.6. The van der Waals surface area contributed by atoms with Crippen molar-refractivity contribution in [2.45, 2.75) is 13.1 Å². The Bertz CT molecular complexity index is 748. The molecule has 2 amide bonds. The molecule has 0 saturated heterocycles. The number of benzene rings is 1. The first-order valence-electron chi connectivity index (χ1n) is 6.77. The minimum Gasteiger partial charge on any atom is -0.320 e. The quantitative estimate of drug-likeness (QED) is 0.849. The van der Waals surface area contributed by atoms with Crippen LogP contribution in [-0.2, 0) is 4.79 Å². The number of carbonyl (C=O) groups is 2. The molecule has 0 unspecified atom stereocenters. The predicted octanol–water partition coefficient (Wildman–Crippen LogP) is 4.57. The second kappa shape index (κ2) is 7.23. The van der Waals surface area contributed by atoms with Gasteiger partial charge in [0.1, 0.15) is 0 Å². The summed E-state index contributed by atoms with van der Waals surface area (Å²) in [5.41, 5.74) is 0.244. The molecule has 128 valence electrons. The molecule has 24 heavy (non-hydrogen) atoms. The highest BCUT2D eigenvalue weighted by Gasteiger charge is 2.42. The van der Waals surface area contributed by atoms with Crippen LogP contribution in [0.5, 0.6) is 0 Å². The molecule has 1 aromatic heterocycles. The van der Waals surface area contributed by atoms with E-state index in [1.54, 1.807) is 17.5 Å². The Morgan fingerprint density at radius 3 is 2.50 bits per heavy atom. The van der Waals surface area contributed by atoms with Crippen LogP contribution in [0.2, 0.25) is 5.02 Å². The van der Waals surface area contributed by atoms with Crippen molar-refractivity contribution in [1.29, 1.82) is 0 Å². The average molecular weight is 377 g/mol. The van der Waals surface area contributed by atoms with Gasteiger partial charge in [-0.15, -0.1) is 11.3 Å². The van der Waals surface area contributed by atoms with E-state index in [4.69, 9.17) is 11.6 Å². The molecule has 1 aromatic carbocycles. The van der Waals surface area contributed by atoms with E-state index in [-0.39, 0.29) is 28.8 Å². The monoisotopic (exact) mass is 376 g/mol. The van der Waals surface area contributed by atoms with Crippen molar-refractivity contribution in [2.24, 2.45) is 0 Å². The first kappa shape index (κ1) is 18.3. The lowest BCUT2D eigenvalue weighted by Crippen LogP contribution is -2.41. The van der Waals surface area contributed by atoms with Crippen molar-refractivity contribution in [2.75, 3.05) is 16.8 Å². The molecule has 0 bridgehead atoms. The molecule has 0 saturated carbocycles. The molecular formula is C15H12ClF3N2O2S. The summed E-state index contributed by atoms with van der Waals surface area (Å²) in [6.45, 7) is 1.25. The second-order valence-electron chi connectivity index (χ2n) is 4.64. The van der Waals surface area contributed by atoms with E-state index in [2.05, 4.69) is 5.32 Å². The van der Waals surface area contributed by atoms with Gasteiger partial charge in [0.25, 0.3) is 5.91 Å². The van der Waals surface area contributed by atoms with Crippen molar-refractivity contribution in [3.05, 3.63) is 45.6 Å². The van der Waals surface area contributed by atoms with Crippen LogP contribution in [0.3, 0.4) is 0 Å². The lowest BCUT2D eigenvalue weighted by Gasteiger charge is -2.22. The average Bonchev–Trinajstić information content (AvgIpc) is 3.04. The van der Waals surface area contributed by atoms with Gasteiger partial charge in [-0.2, -0.15) is 13.2 Å². The molecule has 0 spiro atoms. The molecular weight excluding hydrogens is 365 g/mol. The first-order chi connectivity index (χ1) is 11.2. The highest BCUT2D eigenvalue weighted by molar-refractivity contribution is 7.12. The zero-order chi connectivity index (χ0) is 17.9. The molecule has 2 rings (SSSR count). The fourth-order valence-electron chi connectivity index (χ4n) is 1.96. The number of carbonyl (C=O) groups excluding carboxylic acids is 2. The van der Waals surface area contributed by atoms with Crippen molar-refractivity contribution in [3.63, 3.8) is 0 Å². The SMILES string of the molecule is CCN(C(=O)C(F)(F)F)c1ccc(NC(=O)c2cccs2)c(Cl)c1. The number of nitrogens with zero attached hydrogens (tertiary/aromatic N) is 1. The summed E-state index contributed by atoms with van der Waals surface area (Å²) in [5, 5.41) is 4.34. The predicted molar refractivity (Wildman–Crippen MR) is 87.8 cm³/mol. The second-order valence-corrected chi connectivity index (χ2v) is 6.00. The number of thiophene rings is 1. The van der Waals surface area contributed by atoms with Crippen LogP contribution in [0.15, 0.2) is 35.7 Å². The summed E-state index contributed by atoms with van der Waals surface area (Å²) in [6, 6.07) is 7.20. The summed E-state index contributed by atoms with van der Waals surface area (Å²) in [5.74, 6) is -2.35. The molecule has 0 fully saturated rings. The number of rotatable bonds is 4. The lowest BCUT2D eigenvalue weighted by atomic mass is 10.2. The van der Waals surface area contributed by atoms with Gasteiger partial charge in [-0.3, -0.25) is 9.59 Å². The molecule has 0 atom stereocenters. The first-order valence-corrected chi connectivity index (χ1v) is 8.03. The minimum atomic E-state index is -4.98. The van der Waals surface area contributed by atoms with Crippen LogP contribution < -0.4 is 10.2 Å². The Balaban J connectivity index is 2.22. The number of alkyl halides is 3. The molecule has 0 aliphatic rings. The van der Waals surface area contributed by atoms with E-state index in [9.17, 15) is 22.8 Å². The van der Waals surface area contributed by atoms with Crippen molar-refractivity contribution in [3.8, 4) is 0 Å². The fourth-order valence-corrected chi connectivity index (χ4v) is 2.80. The molecule has 0 radical (unpaired) electrons. The zero-order valence-electron chi connectivity index (χ0n) is 12.4. The maximum Gasteiger partial charge on any atom is 0.471 e. The molecule has 4 nitrogen and oxygen atoms in total. The number of halogens is 4. The van der Waals surface area contributed by atoms with Gasteiger partial charge >= 0.3 is 12.1 Å². The summed E-state index contributed by atoms with van der Waals surface area (Å²) in [4.78, 5) is 24.4. The van der Waals surface area contributed by atoms with E-state index in [0.717, 1.165) is 0 Å². The topological polar surface area (TPSA) is 49.4 Å². The Kier molecular flexibility index (Phi) is 5.51. The Labute approximate surface area is 144 Å². The molecule has 0 aliphatic carbocycles. The van der Waals surface area contributed by atoms with E-state index >= 15 is 0 Å². The standard InChI is InChI=1S/C15H12ClF3N2O2S/c1-2-21(14(23)15(17,18)19)9-5-6-11(10(16)8-9)20-13(22)12-4-3-7-24-12/h3-8H,2H2,1H3,(H,20,22). The number of amides is 2. The van der Waals surface area contributed by atoms with Gasteiger partial charge in [-0.1, -0.05) is 17.7 Å². The van der Waals surface area contributed by atoms with Crippen molar-refractivity contribution < 1.29 is 22.8 Å². The van der Waals surface area contributed by atoms with E-state index in [1.807, 2.05) is 0 Å². The van der Waals surface area contributed by atoms with Gasteiger partial charge < -0.3 is 10.2 Å². The van der Waals surface area contributed by atoms with Crippen LogP contribution in [0.4, 0.5) is 24.5 Å². The van der Waals surface area contributed by atoms with Gasteiger partial charge in [0.2, 0.25) is 0 Å². The molecule has 0 aliphatic heterocycles. The third kappa shape index (κ3) is 4.07. The van der Waals surface area contributed by atoms with Gasteiger partial charge in [0.15, 0.2) is 0 Å². The van der Waals surface area contributed by atoms with E-state index in [1.165, 1.54) is 36.5 Å². The Morgan fingerprint density at radius 2 is 2.00 bits per heavy atom. The van der Waals surface area contributed by atoms with E-state index < -0.39 is 12.1 Å². The third-order valence-corrected chi connectivity index (χ3v) is 4.24. The van der Waals surface area contributed by atoms with Gasteiger partial charge in [-0.05, 0) is 36.6 Å². The van der Waals surface area contributed by atoms with Crippen LogP contribution in [0.1, 0.15) is 16.6 Å². The van der Waals surface area contributed by atoms with Crippen LogP contribution in [0, 0.1) is 0 Å². The van der Waals surface area contributed by atoms with E-state index in [0.29, 0.717) is 9.78 Å². The highest BCUT2D eigenvalue weighted by atomic mass is 35.5. The van der Waals surface area contributed by atoms with Gasteiger partial charge in [-0.25, -0.2) is 0 Å². The molecule has 2 aromatic rings. The van der Waals surface area contributed by atoms with Crippen LogP contribution >= 0.6 is 22.9 Å². The normalized spacial score (nSPS) is 11.2. The van der Waals surface area contributed by atoms with Crippen molar-refractivity contribution in [1.82, 2.24) is 0 Å². The maximum absolute atomic E-state index is 12.6. The summed E-state index contributed by atoms with van der Waals surface area (Å²) >= 11 is 7.27. The summed E-state index contributed by atoms with van der Waals surface area (Å²) in [7, 11) is 0. The summed E-state index contributed by atoms with van der Waals surface area (Å²) < 4.78 is 37.8. The Morgan fingerprint density at radius 1 is 1.29 bits per heavy atom. The zero-order valence-corrected chi connectivity index (χ0v) is 13.9. The minimum absolute atomic E-state index is 0.000974. The van der Waals surface area contributed by atoms with Gasteiger partial charge in [0.05, 0.1) is 15.6 Å². The molecule has 1 N–H and O–H groups in total. The van der Waals surface area contributed by atoms with Crippen molar-refractivity contribution >= 4 is 46.1 Å². The number of anilines is 2.